The number of hydrogen-bond donors (Lipinski definition) is 1. The van der Waals surface area contributed by atoms with Crippen LogP contribution in [0.15, 0.2) is 53.6 Å². The van der Waals surface area contributed by atoms with E-state index in [9.17, 15) is 9.59 Å². The number of carbonyl (C=O) groups is 1. The van der Waals surface area contributed by atoms with Crippen molar-refractivity contribution in [2.75, 3.05) is 19.6 Å². The van der Waals surface area contributed by atoms with E-state index in [1.807, 2.05) is 0 Å². The predicted molar refractivity (Wildman–Crippen MR) is 93.6 cm³/mol. The third kappa shape index (κ3) is 3.45. The number of fused-ring (bicyclic) bond motifs is 1. The van der Waals surface area contributed by atoms with Gasteiger partial charge in [0.2, 0.25) is 5.91 Å². The van der Waals surface area contributed by atoms with Gasteiger partial charge in [-0.05, 0) is 29.8 Å². The van der Waals surface area contributed by atoms with Gasteiger partial charge in [-0.15, -0.1) is 0 Å². The molecule has 0 aliphatic carbocycles. The van der Waals surface area contributed by atoms with Crippen LogP contribution in [-0.4, -0.2) is 29.8 Å². The SMILES string of the molecule is COc1ccc(CC(=O)Nn2cnc3ccccc3c2=O)cc1OC. The second kappa shape index (κ2) is 7.04. The number of rotatable bonds is 5. The number of nitrogens with one attached hydrogen (secondary N) is 1. The summed E-state index contributed by atoms with van der Waals surface area (Å²) in [6.45, 7) is 0. The van der Waals surface area contributed by atoms with E-state index in [4.69, 9.17) is 9.47 Å². The summed E-state index contributed by atoms with van der Waals surface area (Å²) in [7, 11) is 3.07. The first kappa shape index (κ1) is 16.5. The van der Waals surface area contributed by atoms with E-state index in [0.717, 1.165) is 10.2 Å². The largest absolute Gasteiger partial charge is 0.493 e. The van der Waals surface area contributed by atoms with E-state index in [0.29, 0.717) is 22.4 Å². The van der Waals surface area contributed by atoms with Crippen molar-refractivity contribution < 1.29 is 14.3 Å². The summed E-state index contributed by atoms with van der Waals surface area (Å²) in [5.74, 6) is 0.783. The van der Waals surface area contributed by atoms with Crippen LogP contribution in [0.25, 0.3) is 10.9 Å². The first-order valence-electron chi connectivity index (χ1n) is 7.59. The molecular formula is C18H17N3O4. The zero-order chi connectivity index (χ0) is 17.8. The molecule has 128 valence electrons. The van der Waals surface area contributed by atoms with Crippen molar-refractivity contribution in [3.05, 3.63) is 64.7 Å². The number of hydrogen-bond acceptors (Lipinski definition) is 5. The Bertz CT molecular complexity index is 981. The minimum Gasteiger partial charge on any atom is -0.493 e. The molecule has 1 aromatic heterocycles. The van der Waals surface area contributed by atoms with Crippen LogP contribution in [0.2, 0.25) is 0 Å². The maximum Gasteiger partial charge on any atom is 0.280 e. The number of para-hydroxylation sites is 1. The zero-order valence-electron chi connectivity index (χ0n) is 13.9. The van der Waals surface area contributed by atoms with Crippen molar-refractivity contribution in [1.82, 2.24) is 9.66 Å². The number of nitrogens with zero attached hydrogens (tertiary/aromatic N) is 2. The smallest absolute Gasteiger partial charge is 0.280 e. The van der Waals surface area contributed by atoms with Crippen molar-refractivity contribution in [1.29, 1.82) is 0 Å². The van der Waals surface area contributed by atoms with Gasteiger partial charge in [-0.25, -0.2) is 9.66 Å². The maximum absolute atomic E-state index is 12.4. The molecule has 0 saturated heterocycles. The highest BCUT2D eigenvalue weighted by atomic mass is 16.5. The van der Waals surface area contributed by atoms with Crippen molar-refractivity contribution in [3.63, 3.8) is 0 Å². The molecule has 7 nitrogen and oxygen atoms in total. The Kier molecular flexibility index (Phi) is 4.65. The van der Waals surface area contributed by atoms with Gasteiger partial charge < -0.3 is 9.47 Å². The van der Waals surface area contributed by atoms with Crippen LogP contribution in [0.3, 0.4) is 0 Å². The summed E-state index contributed by atoms with van der Waals surface area (Å²) >= 11 is 0. The van der Waals surface area contributed by atoms with Crippen LogP contribution in [-0.2, 0) is 11.2 Å². The summed E-state index contributed by atoms with van der Waals surface area (Å²) < 4.78 is 11.5. The van der Waals surface area contributed by atoms with Gasteiger partial charge in [-0.2, -0.15) is 0 Å². The molecule has 1 amide bonds. The Hall–Kier alpha value is -3.35. The van der Waals surface area contributed by atoms with E-state index in [1.54, 1.807) is 49.6 Å². The summed E-state index contributed by atoms with van der Waals surface area (Å²) in [5, 5.41) is 0.441. The maximum atomic E-state index is 12.4. The number of methoxy groups -OCH3 is 2. The van der Waals surface area contributed by atoms with Crippen molar-refractivity contribution in [3.8, 4) is 11.5 Å². The second-order valence-corrected chi connectivity index (χ2v) is 5.34. The normalized spacial score (nSPS) is 10.5. The average molecular weight is 339 g/mol. The predicted octanol–water partition coefficient (Wildman–Crippen LogP) is 1.73. The Morgan fingerprint density at radius 1 is 1.12 bits per heavy atom. The lowest BCUT2D eigenvalue weighted by atomic mass is 10.1. The molecule has 0 radical (unpaired) electrons. The van der Waals surface area contributed by atoms with Gasteiger partial charge in [-0.1, -0.05) is 18.2 Å². The molecule has 1 N–H and O–H groups in total. The molecular weight excluding hydrogens is 322 g/mol. The number of benzene rings is 2. The van der Waals surface area contributed by atoms with Crippen LogP contribution < -0.4 is 20.5 Å². The summed E-state index contributed by atoms with van der Waals surface area (Å²) in [6, 6.07) is 12.2. The average Bonchev–Trinajstić information content (AvgIpc) is 2.64. The molecule has 25 heavy (non-hydrogen) atoms. The van der Waals surface area contributed by atoms with Crippen LogP contribution in [0.4, 0.5) is 0 Å². The molecule has 7 heteroatoms. The standard InChI is InChI=1S/C18H17N3O4/c1-24-15-8-7-12(9-16(15)25-2)10-17(22)20-21-11-19-14-6-4-3-5-13(14)18(21)23/h3-9,11H,10H2,1-2H3,(H,20,22). The Balaban J connectivity index is 1.79. The molecule has 0 atom stereocenters. The van der Waals surface area contributed by atoms with E-state index in [-0.39, 0.29) is 17.9 Å². The highest BCUT2D eigenvalue weighted by Crippen LogP contribution is 2.27. The van der Waals surface area contributed by atoms with Crippen molar-refractivity contribution in [2.45, 2.75) is 6.42 Å². The zero-order valence-corrected chi connectivity index (χ0v) is 13.9. The minimum atomic E-state index is -0.341. The van der Waals surface area contributed by atoms with Crippen LogP contribution in [0.1, 0.15) is 5.56 Å². The number of carbonyl (C=O) groups excluding carboxylic acids is 1. The molecule has 0 fully saturated rings. The van der Waals surface area contributed by atoms with E-state index in [1.165, 1.54) is 13.4 Å². The highest BCUT2D eigenvalue weighted by molar-refractivity contribution is 5.86. The molecule has 0 aliphatic rings. The van der Waals surface area contributed by atoms with E-state index >= 15 is 0 Å². The number of aromatic nitrogens is 2. The van der Waals surface area contributed by atoms with Crippen LogP contribution >= 0.6 is 0 Å². The van der Waals surface area contributed by atoms with Gasteiger partial charge >= 0.3 is 0 Å². The summed E-state index contributed by atoms with van der Waals surface area (Å²) in [6.07, 6.45) is 1.39. The fourth-order valence-corrected chi connectivity index (χ4v) is 2.50. The lowest BCUT2D eigenvalue weighted by Gasteiger charge is -2.11. The lowest BCUT2D eigenvalue weighted by molar-refractivity contribution is -0.116. The first-order chi connectivity index (χ1) is 12.1. The Morgan fingerprint density at radius 2 is 1.88 bits per heavy atom. The molecule has 3 rings (SSSR count). The molecule has 1 heterocycles. The van der Waals surface area contributed by atoms with Gasteiger partial charge in [0.15, 0.2) is 11.5 Å². The van der Waals surface area contributed by atoms with E-state index in [2.05, 4.69) is 10.4 Å². The monoisotopic (exact) mass is 339 g/mol. The summed E-state index contributed by atoms with van der Waals surface area (Å²) in [5.41, 5.74) is 3.53. The van der Waals surface area contributed by atoms with Crippen molar-refractivity contribution in [2.24, 2.45) is 0 Å². The molecule has 0 unspecified atom stereocenters. The van der Waals surface area contributed by atoms with Gasteiger partial charge in [0.1, 0.15) is 6.33 Å². The second-order valence-electron chi connectivity index (χ2n) is 5.34. The molecule has 0 bridgehead atoms. The van der Waals surface area contributed by atoms with E-state index < -0.39 is 0 Å². The van der Waals surface area contributed by atoms with Crippen LogP contribution in [0.5, 0.6) is 11.5 Å². The van der Waals surface area contributed by atoms with Gasteiger partial charge in [0, 0.05) is 0 Å². The molecule has 3 aromatic rings. The third-order valence-corrected chi connectivity index (χ3v) is 3.72. The van der Waals surface area contributed by atoms with Crippen molar-refractivity contribution >= 4 is 16.8 Å². The molecule has 0 spiro atoms. The molecule has 0 aliphatic heterocycles. The Morgan fingerprint density at radius 3 is 2.64 bits per heavy atom. The quantitative estimate of drug-likeness (QED) is 0.765. The minimum absolute atomic E-state index is 0.0830. The van der Waals surface area contributed by atoms with Gasteiger partial charge in [0.05, 0.1) is 31.5 Å². The molecule has 2 aromatic carbocycles. The van der Waals surface area contributed by atoms with Gasteiger partial charge in [-0.3, -0.25) is 15.0 Å². The number of amides is 1. The van der Waals surface area contributed by atoms with Gasteiger partial charge in [0.25, 0.3) is 5.56 Å². The fraction of sp³-hybridized carbons (Fsp3) is 0.167. The summed E-state index contributed by atoms with van der Waals surface area (Å²) in [4.78, 5) is 28.8. The highest BCUT2D eigenvalue weighted by Gasteiger charge is 2.10. The fourth-order valence-electron chi connectivity index (χ4n) is 2.50. The lowest BCUT2D eigenvalue weighted by Crippen LogP contribution is -2.34. The number of ether oxygens (including phenoxy) is 2. The topological polar surface area (TPSA) is 82.5 Å². The Labute approximate surface area is 143 Å². The first-order valence-corrected chi connectivity index (χ1v) is 7.59. The third-order valence-electron chi connectivity index (χ3n) is 3.72. The molecule has 0 saturated carbocycles. The van der Waals surface area contributed by atoms with Crippen LogP contribution in [0, 0.1) is 0 Å².